The molecule has 1 saturated heterocycles. The Labute approximate surface area is 103 Å². The summed E-state index contributed by atoms with van der Waals surface area (Å²) in [4.78, 5) is 0. The SMILES string of the molecule is COc1cccc(CC2(O)CCNCC2C)c1. The van der Waals surface area contributed by atoms with Gasteiger partial charge in [-0.3, -0.25) is 0 Å². The highest BCUT2D eigenvalue weighted by atomic mass is 16.5. The highest BCUT2D eigenvalue weighted by Crippen LogP contribution is 2.29. The molecular weight excluding hydrogens is 214 g/mol. The van der Waals surface area contributed by atoms with Crippen LogP contribution in [0.25, 0.3) is 0 Å². The van der Waals surface area contributed by atoms with Crippen LogP contribution >= 0.6 is 0 Å². The molecule has 0 amide bonds. The molecule has 94 valence electrons. The molecule has 0 saturated carbocycles. The van der Waals surface area contributed by atoms with E-state index in [2.05, 4.69) is 18.3 Å². The first-order valence-electron chi connectivity index (χ1n) is 6.20. The van der Waals surface area contributed by atoms with E-state index in [4.69, 9.17) is 4.74 Å². The highest BCUT2D eigenvalue weighted by Gasteiger charge is 2.35. The molecule has 2 rings (SSSR count). The number of hydrogen-bond donors (Lipinski definition) is 2. The molecule has 0 bridgehead atoms. The van der Waals surface area contributed by atoms with E-state index >= 15 is 0 Å². The molecule has 1 aliphatic heterocycles. The van der Waals surface area contributed by atoms with Gasteiger partial charge >= 0.3 is 0 Å². The van der Waals surface area contributed by atoms with Crippen molar-refractivity contribution in [3.8, 4) is 5.75 Å². The summed E-state index contributed by atoms with van der Waals surface area (Å²) in [6.45, 7) is 3.89. The number of nitrogens with one attached hydrogen (secondary N) is 1. The first kappa shape index (κ1) is 12.4. The molecule has 1 aromatic carbocycles. The molecular formula is C14H21NO2. The molecule has 1 aliphatic rings. The van der Waals surface area contributed by atoms with Crippen LogP contribution in [0.15, 0.2) is 24.3 Å². The van der Waals surface area contributed by atoms with Gasteiger partial charge in [0.25, 0.3) is 0 Å². The topological polar surface area (TPSA) is 41.5 Å². The van der Waals surface area contributed by atoms with Crippen molar-refractivity contribution in [1.29, 1.82) is 0 Å². The highest BCUT2D eigenvalue weighted by molar-refractivity contribution is 5.29. The van der Waals surface area contributed by atoms with Gasteiger partial charge in [-0.25, -0.2) is 0 Å². The zero-order valence-electron chi connectivity index (χ0n) is 10.6. The van der Waals surface area contributed by atoms with Crippen LogP contribution < -0.4 is 10.1 Å². The molecule has 0 aromatic heterocycles. The van der Waals surface area contributed by atoms with Crippen LogP contribution in [0.3, 0.4) is 0 Å². The minimum Gasteiger partial charge on any atom is -0.497 e. The van der Waals surface area contributed by atoms with E-state index in [1.54, 1.807) is 7.11 Å². The minimum absolute atomic E-state index is 0.280. The van der Waals surface area contributed by atoms with E-state index in [-0.39, 0.29) is 5.92 Å². The summed E-state index contributed by atoms with van der Waals surface area (Å²) in [6, 6.07) is 7.96. The molecule has 1 heterocycles. The maximum atomic E-state index is 10.7. The van der Waals surface area contributed by atoms with Crippen LogP contribution in [0.2, 0.25) is 0 Å². The smallest absolute Gasteiger partial charge is 0.119 e. The zero-order valence-corrected chi connectivity index (χ0v) is 10.6. The Kier molecular flexibility index (Phi) is 3.69. The first-order valence-corrected chi connectivity index (χ1v) is 6.20. The largest absolute Gasteiger partial charge is 0.497 e. The number of ether oxygens (including phenoxy) is 1. The third-order valence-corrected chi connectivity index (χ3v) is 3.75. The molecule has 2 unspecified atom stereocenters. The fraction of sp³-hybridized carbons (Fsp3) is 0.571. The summed E-state index contributed by atoms with van der Waals surface area (Å²) in [5.74, 6) is 1.13. The molecule has 2 atom stereocenters. The number of hydrogen-bond acceptors (Lipinski definition) is 3. The van der Waals surface area contributed by atoms with Crippen molar-refractivity contribution in [3.05, 3.63) is 29.8 Å². The lowest BCUT2D eigenvalue weighted by Crippen LogP contribution is -2.50. The Balaban J connectivity index is 2.13. The predicted molar refractivity (Wildman–Crippen MR) is 68.3 cm³/mol. The summed E-state index contributed by atoms with van der Waals surface area (Å²) in [5.41, 5.74) is 0.554. The molecule has 0 aliphatic carbocycles. The van der Waals surface area contributed by atoms with Crippen LogP contribution in [-0.4, -0.2) is 30.9 Å². The van der Waals surface area contributed by atoms with Gasteiger partial charge in [-0.1, -0.05) is 19.1 Å². The zero-order chi connectivity index (χ0) is 12.3. The maximum absolute atomic E-state index is 10.7. The van der Waals surface area contributed by atoms with Crippen molar-refractivity contribution < 1.29 is 9.84 Å². The van der Waals surface area contributed by atoms with E-state index in [0.29, 0.717) is 6.42 Å². The second-order valence-corrected chi connectivity index (χ2v) is 4.99. The van der Waals surface area contributed by atoms with Crippen molar-refractivity contribution in [3.63, 3.8) is 0 Å². The lowest BCUT2D eigenvalue weighted by Gasteiger charge is -2.38. The minimum atomic E-state index is -0.586. The Morgan fingerprint density at radius 3 is 3.06 bits per heavy atom. The second kappa shape index (κ2) is 5.07. The van der Waals surface area contributed by atoms with Gasteiger partial charge < -0.3 is 15.2 Å². The van der Waals surface area contributed by atoms with Crippen molar-refractivity contribution >= 4 is 0 Å². The Morgan fingerprint density at radius 2 is 2.35 bits per heavy atom. The molecule has 1 fully saturated rings. The van der Waals surface area contributed by atoms with E-state index < -0.39 is 5.60 Å². The van der Waals surface area contributed by atoms with Crippen molar-refractivity contribution in [2.45, 2.75) is 25.4 Å². The Morgan fingerprint density at radius 1 is 1.53 bits per heavy atom. The van der Waals surface area contributed by atoms with Gasteiger partial charge in [-0.2, -0.15) is 0 Å². The van der Waals surface area contributed by atoms with Crippen LogP contribution in [0.1, 0.15) is 18.9 Å². The fourth-order valence-corrected chi connectivity index (χ4v) is 2.46. The molecule has 2 N–H and O–H groups in total. The second-order valence-electron chi connectivity index (χ2n) is 4.99. The summed E-state index contributed by atoms with van der Waals surface area (Å²) in [6.07, 6.45) is 1.51. The normalized spacial score (nSPS) is 29.0. The number of benzene rings is 1. The van der Waals surface area contributed by atoms with E-state index in [9.17, 15) is 5.11 Å². The third kappa shape index (κ3) is 2.79. The summed E-state index contributed by atoms with van der Waals surface area (Å²) >= 11 is 0. The lowest BCUT2D eigenvalue weighted by atomic mass is 9.78. The Hall–Kier alpha value is -1.06. The quantitative estimate of drug-likeness (QED) is 0.836. The molecule has 3 heteroatoms. The number of rotatable bonds is 3. The van der Waals surface area contributed by atoms with Gasteiger partial charge in [0.1, 0.15) is 5.75 Å². The van der Waals surface area contributed by atoms with Gasteiger partial charge in [0, 0.05) is 13.0 Å². The van der Waals surface area contributed by atoms with Gasteiger partial charge in [0.05, 0.1) is 12.7 Å². The van der Waals surface area contributed by atoms with Gasteiger partial charge in [0.15, 0.2) is 0 Å². The van der Waals surface area contributed by atoms with Crippen molar-refractivity contribution in [1.82, 2.24) is 5.32 Å². The average molecular weight is 235 g/mol. The van der Waals surface area contributed by atoms with Gasteiger partial charge in [0.2, 0.25) is 0 Å². The molecule has 17 heavy (non-hydrogen) atoms. The molecule has 3 nitrogen and oxygen atoms in total. The first-order chi connectivity index (χ1) is 8.14. The lowest BCUT2D eigenvalue weighted by molar-refractivity contribution is -0.0329. The van der Waals surface area contributed by atoms with E-state index in [1.165, 1.54) is 0 Å². The van der Waals surface area contributed by atoms with Crippen molar-refractivity contribution in [2.24, 2.45) is 5.92 Å². The predicted octanol–water partition coefficient (Wildman–Crippen LogP) is 1.60. The summed E-state index contributed by atoms with van der Waals surface area (Å²) in [5, 5.41) is 14.0. The maximum Gasteiger partial charge on any atom is 0.119 e. The van der Waals surface area contributed by atoms with Crippen LogP contribution in [0.4, 0.5) is 0 Å². The third-order valence-electron chi connectivity index (χ3n) is 3.75. The number of aliphatic hydroxyl groups is 1. The molecule has 0 spiro atoms. The summed E-state index contributed by atoms with van der Waals surface area (Å²) in [7, 11) is 1.67. The van der Waals surface area contributed by atoms with Gasteiger partial charge in [-0.15, -0.1) is 0 Å². The Bertz CT molecular complexity index is 380. The van der Waals surface area contributed by atoms with Crippen LogP contribution in [0, 0.1) is 5.92 Å². The number of methoxy groups -OCH3 is 1. The van der Waals surface area contributed by atoms with E-state index in [0.717, 1.165) is 30.8 Å². The molecule has 1 aromatic rings. The average Bonchev–Trinajstić information content (AvgIpc) is 2.33. The summed E-state index contributed by atoms with van der Waals surface area (Å²) < 4.78 is 5.21. The van der Waals surface area contributed by atoms with Gasteiger partial charge in [-0.05, 0) is 36.6 Å². The van der Waals surface area contributed by atoms with Crippen LogP contribution in [0.5, 0.6) is 5.75 Å². The number of piperidine rings is 1. The van der Waals surface area contributed by atoms with E-state index in [1.807, 2.05) is 18.2 Å². The molecule has 0 radical (unpaired) electrons. The van der Waals surface area contributed by atoms with Crippen molar-refractivity contribution in [2.75, 3.05) is 20.2 Å². The van der Waals surface area contributed by atoms with Crippen LogP contribution in [-0.2, 0) is 6.42 Å². The monoisotopic (exact) mass is 235 g/mol. The fourth-order valence-electron chi connectivity index (χ4n) is 2.46. The standard InChI is InChI=1S/C14H21NO2/c1-11-10-15-7-6-14(11,16)9-12-4-3-5-13(8-12)17-2/h3-5,8,11,15-16H,6-7,9-10H2,1-2H3.